The fourth-order valence-electron chi connectivity index (χ4n) is 6.06. The zero-order valence-corrected chi connectivity index (χ0v) is 24.0. The second kappa shape index (κ2) is 11.9. The molecule has 1 N–H and O–H groups in total. The van der Waals surface area contributed by atoms with Crippen molar-refractivity contribution in [1.82, 2.24) is 19.8 Å². The molecule has 206 valence electrons. The number of anilines is 1. The van der Waals surface area contributed by atoms with Crippen LogP contribution in [0.5, 0.6) is 0 Å². The summed E-state index contributed by atoms with van der Waals surface area (Å²) in [4.78, 5) is 26.9. The van der Waals surface area contributed by atoms with E-state index in [4.69, 9.17) is 0 Å². The Balaban J connectivity index is 1.13. The lowest BCUT2D eigenvalue weighted by Crippen LogP contribution is -2.49. The van der Waals surface area contributed by atoms with Gasteiger partial charge in [0.15, 0.2) is 0 Å². The average molecular weight is 526 g/mol. The molecular weight excluding hydrogens is 482 g/mol. The number of rotatable bonds is 6. The molecule has 0 bridgehead atoms. The van der Waals surface area contributed by atoms with Crippen molar-refractivity contribution in [2.24, 2.45) is 0 Å². The quantitative estimate of drug-likeness (QED) is 0.416. The van der Waals surface area contributed by atoms with E-state index >= 15 is 0 Å². The molecule has 39 heavy (non-hydrogen) atoms. The number of likely N-dealkylation sites (tertiary alicyclic amines) is 2. The number of carbonyl (C=O) groups is 1. The Morgan fingerprint density at radius 1 is 0.897 bits per heavy atom. The van der Waals surface area contributed by atoms with Crippen molar-refractivity contribution in [2.75, 3.05) is 31.5 Å². The lowest BCUT2D eigenvalue weighted by atomic mass is 9.87. The molecule has 2 aromatic carbocycles. The zero-order chi connectivity index (χ0) is 27.4. The number of hydrogen-bond acceptors (Lipinski definition) is 5. The summed E-state index contributed by atoms with van der Waals surface area (Å²) in [5, 5.41) is 3.42. The first kappa shape index (κ1) is 27.3. The average Bonchev–Trinajstić information content (AvgIpc) is 2.97. The van der Waals surface area contributed by atoms with Gasteiger partial charge in [-0.05, 0) is 73.7 Å². The first-order valence-electron chi connectivity index (χ1n) is 14.5. The van der Waals surface area contributed by atoms with E-state index < -0.39 is 0 Å². The minimum absolute atomic E-state index is 0.0220. The summed E-state index contributed by atoms with van der Waals surface area (Å²) in [5.74, 6) is 1.42. The molecule has 0 spiro atoms. The van der Waals surface area contributed by atoms with E-state index in [1.807, 2.05) is 11.8 Å². The summed E-state index contributed by atoms with van der Waals surface area (Å²) in [5.41, 5.74) is 5.45. The third-order valence-electron chi connectivity index (χ3n) is 8.64. The summed E-state index contributed by atoms with van der Waals surface area (Å²) in [7, 11) is 0. The predicted octanol–water partition coefficient (Wildman–Crippen LogP) is 6.18. The second-order valence-electron chi connectivity index (χ2n) is 12.2. The van der Waals surface area contributed by atoms with Gasteiger partial charge in [0.25, 0.3) is 5.91 Å². The third kappa shape index (κ3) is 6.50. The second-order valence-corrected chi connectivity index (χ2v) is 12.2. The van der Waals surface area contributed by atoms with Crippen LogP contribution in [-0.4, -0.2) is 57.9 Å². The molecule has 2 aliphatic rings. The van der Waals surface area contributed by atoms with E-state index in [2.05, 4.69) is 95.6 Å². The maximum atomic E-state index is 13.5. The van der Waals surface area contributed by atoms with E-state index in [1.54, 1.807) is 0 Å². The third-order valence-corrected chi connectivity index (χ3v) is 8.64. The van der Waals surface area contributed by atoms with Gasteiger partial charge < -0.3 is 15.1 Å². The van der Waals surface area contributed by atoms with Crippen LogP contribution in [0.4, 0.5) is 5.82 Å². The Bertz CT molecular complexity index is 1240. The van der Waals surface area contributed by atoms with E-state index in [1.165, 1.54) is 35.9 Å². The largest absolute Gasteiger partial charge is 0.366 e. The highest BCUT2D eigenvalue weighted by atomic mass is 16.2. The predicted molar refractivity (Wildman–Crippen MR) is 158 cm³/mol. The highest BCUT2D eigenvalue weighted by Crippen LogP contribution is 2.31. The van der Waals surface area contributed by atoms with Crippen molar-refractivity contribution in [2.45, 2.75) is 77.3 Å². The van der Waals surface area contributed by atoms with Gasteiger partial charge in [0, 0.05) is 31.2 Å². The van der Waals surface area contributed by atoms with Gasteiger partial charge >= 0.3 is 0 Å². The zero-order valence-electron chi connectivity index (χ0n) is 24.0. The molecule has 6 heteroatoms. The Kier molecular flexibility index (Phi) is 8.31. The molecule has 3 aromatic rings. The molecule has 2 aliphatic heterocycles. The number of hydrogen-bond donors (Lipinski definition) is 1. The van der Waals surface area contributed by atoms with Crippen LogP contribution in [-0.2, 0) is 12.0 Å². The van der Waals surface area contributed by atoms with Crippen molar-refractivity contribution < 1.29 is 4.79 Å². The van der Waals surface area contributed by atoms with Gasteiger partial charge in [0.05, 0.1) is 0 Å². The molecule has 0 radical (unpaired) electrons. The molecule has 0 atom stereocenters. The number of nitrogens with one attached hydrogen (secondary N) is 1. The number of amides is 1. The summed E-state index contributed by atoms with van der Waals surface area (Å²) < 4.78 is 0. The normalized spacial score (nSPS) is 17.8. The summed E-state index contributed by atoms with van der Waals surface area (Å²) in [6.07, 6.45) is 6.01. The molecule has 5 rings (SSSR count). The van der Waals surface area contributed by atoms with Gasteiger partial charge in [-0.2, -0.15) is 0 Å². The Hall–Kier alpha value is -3.25. The van der Waals surface area contributed by atoms with Crippen LogP contribution in [0.25, 0.3) is 0 Å². The molecule has 0 aliphatic carbocycles. The van der Waals surface area contributed by atoms with Crippen molar-refractivity contribution in [3.05, 3.63) is 88.9 Å². The van der Waals surface area contributed by atoms with Gasteiger partial charge in [-0.15, -0.1) is 0 Å². The van der Waals surface area contributed by atoms with Crippen LogP contribution in [0.2, 0.25) is 0 Å². The number of benzene rings is 2. The number of carbonyl (C=O) groups excluding carboxylic acids is 1. The van der Waals surface area contributed by atoms with E-state index in [9.17, 15) is 4.79 Å². The van der Waals surface area contributed by atoms with Gasteiger partial charge in [0.2, 0.25) is 0 Å². The van der Waals surface area contributed by atoms with Crippen molar-refractivity contribution in [3.63, 3.8) is 0 Å². The van der Waals surface area contributed by atoms with Crippen LogP contribution in [0.1, 0.15) is 85.1 Å². The molecule has 0 saturated carbocycles. The number of piperidine rings is 2. The number of aromatic nitrogens is 2. The highest BCUT2D eigenvalue weighted by molar-refractivity contribution is 5.94. The molecule has 3 heterocycles. The van der Waals surface area contributed by atoms with Crippen LogP contribution < -0.4 is 5.32 Å². The van der Waals surface area contributed by atoms with Gasteiger partial charge in [-0.1, -0.05) is 75.4 Å². The molecule has 2 saturated heterocycles. The van der Waals surface area contributed by atoms with Crippen LogP contribution in [0.3, 0.4) is 0 Å². The minimum Gasteiger partial charge on any atom is -0.366 e. The Morgan fingerprint density at radius 2 is 1.56 bits per heavy atom. The molecule has 2 fully saturated rings. The standard InChI is InChI=1S/C33H43N5O/c1-24-30(35-23-36-31(24)34-22-25-10-12-28(13-11-25)33(2,3)4)32(39)38-20-16-29(17-21-38)37-18-14-27(15-19-37)26-8-6-5-7-9-26/h5-13,23,27,29H,14-22H2,1-4H3,(H,34,35,36). The summed E-state index contributed by atoms with van der Waals surface area (Å²) in [6, 6.07) is 20.2. The van der Waals surface area contributed by atoms with E-state index in [0.717, 1.165) is 50.4 Å². The van der Waals surface area contributed by atoms with Crippen LogP contribution in [0.15, 0.2) is 60.9 Å². The smallest absolute Gasteiger partial charge is 0.272 e. The molecular formula is C33H43N5O. The SMILES string of the molecule is Cc1c(NCc2ccc(C(C)(C)C)cc2)ncnc1C(=O)N1CCC(N2CCC(c3ccccc3)CC2)CC1. The van der Waals surface area contributed by atoms with Crippen molar-refractivity contribution in [3.8, 4) is 0 Å². The maximum Gasteiger partial charge on any atom is 0.272 e. The monoisotopic (exact) mass is 525 g/mol. The fraction of sp³-hybridized carbons (Fsp3) is 0.485. The first-order valence-corrected chi connectivity index (χ1v) is 14.5. The van der Waals surface area contributed by atoms with Crippen LogP contribution in [0, 0.1) is 6.92 Å². The van der Waals surface area contributed by atoms with Crippen molar-refractivity contribution in [1.29, 1.82) is 0 Å². The fourth-order valence-corrected chi connectivity index (χ4v) is 6.06. The van der Waals surface area contributed by atoms with E-state index in [-0.39, 0.29) is 11.3 Å². The highest BCUT2D eigenvalue weighted by Gasteiger charge is 2.31. The summed E-state index contributed by atoms with van der Waals surface area (Å²) >= 11 is 0. The molecule has 6 nitrogen and oxygen atoms in total. The van der Waals surface area contributed by atoms with Gasteiger partial charge in [-0.25, -0.2) is 9.97 Å². The summed E-state index contributed by atoms with van der Waals surface area (Å²) in [6.45, 7) is 13.1. The minimum atomic E-state index is 0.0220. The lowest BCUT2D eigenvalue weighted by Gasteiger charge is -2.42. The van der Waals surface area contributed by atoms with Crippen molar-refractivity contribution >= 4 is 11.7 Å². The molecule has 1 aromatic heterocycles. The first-order chi connectivity index (χ1) is 18.8. The molecule has 1 amide bonds. The van der Waals surface area contributed by atoms with Gasteiger partial charge in [-0.3, -0.25) is 4.79 Å². The van der Waals surface area contributed by atoms with Gasteiger partial charge in [0.1, 0.15) is 17.8 Å². The number of nitrogens with zero attached hydrogens (tertiary/aromatic N) is 4. The Labute approximate surface area is 233 Å². The lowest BCUT2D eigenvalue weighted by molar-refractivity contribution is 0.0572. The topological polar surface area (TPSA) is 61.4 Å². The van der Waals surface area contributed by atoms with E-state index in [0.29, 0.717) is 24.2 Å². The van der Waals surface area contributed by atoms with Crippen LogP contribution >= 0.6 is 0 Å². The molecule has 0 unspecified atom stereocenters. The maximum absolute atomic E-state index is 13.5. The Morgan fingerprint density at radius 3 is 2.21 bits per heavy atom.